The molecule has 3 aromatic carbocycles. The number of benzene rings is 3. The van der Waals surface area contributed by atoms with Crippen LogP contribution in [0, 0.1) is 0 Å². The molecule has 0 N–H and O–H groups in total. The van der Waals surface area contributed by atoms with Crippen molar-refractivity contribution >= 4 is 19.4 Å². The van der Waals surface area contributed by atoms with Crippen LogP contribution in [-0.4, -0.2) is 9.04 Å². The van der Waals surface area contributed by atoms with Gasteiger partial charge < -0.3 is 4.43 Å². The average Bonchev–Trinajstić information content (AvgIpc) is 2.65. The summed E-state index contributed by atoms with van der Waals surface area (Å²) in [5, 5.41) is 2.58. The van der Waals surface area contributed by atoms with E-state index in [1.807, 2.05) is 0 Å². The van der Waals surface area contributed by atoms with Crippen molar-refractivity contribution in [2.75, 3.05) is 0 Å². The van der Waals surface area contributed by atoms with E-state index in [0.717, 1.165) is 6.42 Å². The first-order chi connectivity index (χ1) is 11.4. The zero-order valence-corrected chi connectivity index (χ0v) is 14.4. The summed E-state index contributed by atoms with van der Waals surface area (Å²) in [5.41, 5.74) is 1.25. The van der Waals surface area contributed by atoms with Crippen LogP contribution in [0.5, 0.6) is 0 Å². The van der Waals surface area contributed by atoms with Gasteiger partial charge in [-0.3, -0.25) is 0 Å². The Morgan fingerprint density at radius 2 is 1.13 bits per heavy atom. The highest BCUT2D eigenvalue weighted by Gasteiger charge is 2.23. The molecule has 0 fully saturated rings. The van der Waals surface area contributed by atoms with Crippen LogP contribution in [0.3, 0.4) is 0 Å². The summed E-state index contributed by atoms with van der Waals surface area (Å²) >= 11 is 0. The molecule has 0 spiro atoms. The molecule has 0 aliphatic rings. The van der Waals surface area contributed by atoms with Crippen LogP contribution in [0.2, 0.25) is 0 Å². The molecule has 3 aromatic rings. The van der Waals surface area contributed by atoms with Crippen molar-refractivity contribution < 1.29 is 4.43 Å². The molecule has 0 aliphatic heterocycles. The van der Waals surface area contributed by atoms with E-state index < -0.39 is 9.04 Å². The Labute approximate surface area is 140 Å². The fourth-order valence-corrected chi connectivity index (χ4v) is 4.86. The maximum Gasteiger partial charge on any atom is 0.283 e. The van der Waals surface area contributed by atoms with Gasteiger partial charge in [0.1, 0.15) is 0 Å². The molecule has 115 valence electrons. The Hall–Kier alpha value is -2.16. The smallest absolute Gasteiger partial charge is 0.283 e. The highest BCUT2D eigenvalue weighted by molar-refractivity contribution is 6.80. The molecule has 1 atom stereocenters. The summed E-state index contributed by atoms with van der Waals surface area (Å²) < 4.78 is 6.66. The van der Waals surface area contributed by atoms with Crippen molar-refractivity contribution in [2.24, 2.45) is 0 Å². The Bertz CT molecular complexity index is 658. The molecule has 1 radical (unpaired) electrons. The minimum atomic E-state index is -1.26. The first kappa shape index (κ1) is 15.7. The molecule has 0 saturated carbocycles. The molecule has 3 rings (SSSR count). The monoisotopic (exact) mass is 317 g/mol. The number of rotatable bonds is 6. The predicted molar refractivity (Wildman–Crippen MR) is 98.5 cm³/mol. The van der Waals surface area contributed by atoms with Crippen LogP contribution in [-0.2, 0) is 4.43 Å². The van der Waals surface area contributed by atoms with Gasteiger partial charge in [-0.15, -0.1) is 0 Å². The van der Waals surface area contributed by atoms with Gasteiger partial charge >= 0.3 is 0 Å². The van der Waals surface area contributed by atoms with Crippen LogP contribution in [0.15, 0.2) is 91.0 Å². The van der Waals surface area contributed by atoms with E-state index in [2.05, 4.69) is 97.9 Å². The Balaban J connectivity index is 1.93. The second-order valence-electron chi connectivity index (χ2n) is 5.49. The van der Waals surface area contributed by atoms with Crippen molar-refractivity contribution in [1.29, 1.82) is 0 Å². The van der Waals surface area contributed by atoms with E-state index in [9.17, 15) is 0 Å². The average molecular weight is 317 g/mol. The van der Waals surface area contributed by atoms with Crippen LogP contribution in [0.25, 0.3) is 0 Å². The summed E-state index contributed by atoms with van der Waals surface area (Å²) in [6, 6.07) is 31.7. The lowest BCUT2D eigenvalue weighted by molar-refractivity contribution is 0.210. The van der Waals surface area contributed by atoms with Gasteiger partial charge in [0.15, 0.2) is 0 Å². The molecular weight excluding hydrogens is 296 g/mol. The van der Waals surface area contributed by atoms with Crippen LogP contribution in [0.1, 0.15) is 25.0 Å². The van der Waals surface area contributed by atoms with E-state index in [4.69, 9.17) is 4.43 Å². The summed E-state index contributed by atoms with van der Waals surface area (Å²) in [6.07, 6.45) is 1.10. The molecule has 0 unspecified atom stereocenters. The molecule has 2 heteroatoms. The topological polar surface area (TPSA) is 9.23 Å². The highest BCUT2D eigenvalue weighted by Crippen LogP contribution is 2.21. The summed E-state index contributed by atoms with van der Waals surface area (Å²) in [5.74, 6) is 0. The normalized spacial score (nSPS) is 12.3. The Morgan fingerprint density at radius 1 is 0.696 bits per heavy atom. The zero-order valence-electron chi connectivity index (χ0n) is 13.4. The van der Waals surface area contributed by atoms with E-state index >= 15 is 0 Å². The van der Waals surface area contributed by atoms with Crippen molar-refractivity contribution in [1.82, 2.24) is 0 Å². The van der Waals surface area contributed by atoms with Gasteiger partial charge in [-0.25, -0.2) is 0 Å². The SMILES string of the molecule is CC[C@@H](O[Si](c1ccccc1)c1ccccc1)c1ccccc1. The van der Waals surface area contributed by atoms with Crippen molar-refractivity contribution in [2.45, 2.75) is 19.4 Å². The third-order valence-corrected chi connectivity index (χ3v) is 6.11. The third-order valence-electron chi connectivity index (χ3n) is 3.87. The molecule has 0 bridgehead atoms. The quantitative estimate of drug-likeness (QED) is 0.625. The summed E-state index contributed by atoms with van der Waals surface area (Å²) in [6.45, 7) is 2.19. The van der Waals surface area contributed by atoms with E-state index in [-0.39, 0.29) is 6.10 Å². The first-order valence-corrected chi connectivity index (χ1v) is 9.48. The third kappa shape index (κ3) is 3.98. The van der Waals surface area contributed by atoms with Crippen molar-refractivity contribution in [3.8, 4) is 0 Å². The van der Waals surface area contributed by atoms with Gasteiger partial charge in [0.25, 0.3) is 9.04 Å². The van der Waals surface area contributed by atoms with E-state index in [1.54, 1.807) is 0 Å². The van der Waals surface area contributed by atoms with Gasteiger partial charge in [0, 0.05) is 0 Å². The van der Waals surface area contributed by atoms with Gasteiger partial charge in [0.05, 0.1) is 6.10 Å². The fourth-order valence-electron chi connectivity index (χ4n) is 2.68. The standard InChI is InChI=1S/C21H21OSi/c1-2-21(18-12-6-3-7-13-18)22-23(19-14-8-4-9-15-19)20-16-10-5-11-17-20/h3-17,21H,2H2,1H3/t21-/m1/s1. The minimum absolute atomic E-state index is 0.130. The predicted octanol–water partition coefficient (Wildman–Crippen LogP) is 3.96. The largest absolute Gasteiger partial charge is 0.400 e. The fraction of sp³-hybridized carbons (Fsp3) is 0.143. The second-order valence-corrected chi connectivity index (χ2v) is 7.54. The van der Waals surface area contributed by atoms with Crippen LogP contribution in [0.4, 0.5) is 0 Å². The zero-order chi connectivity index (χ0) is 15.9. The van der Waals surface area contributed by atoms with Crippen LogP contribution >= 0.6 is 0 Å². The molecule has 0 amide bonds. The summed E-state index contributed by atoms with van der Waals surface area (Å²) in [7, 11) is -1.26. The van der Waals surface area contributed by atoms with Crippen molar-refractivity contribution in [3.63, 3.8) is 0 Å². The molecule has 0 aliphatic carbocycles. The van der Waals surface area contributed by atoms with Gasteiger partial charge in [0.2, 0.25) is 0 Å². The van der Waals surface area contributed by atoms with Gasteiger partial charge in [-0.05, 0) is 22.4 Å². The Kier molecular flexibility index (Phi) is 5.40. The van der Waals surface area contributed by atoms with E-state index in [1.165, 1.54) is 15.9 Å². The maximum atomic E-state index is 6.66. The lowest BCUT2D eigenvalue weighted by atomic mass is 10.1. The Morgan fingerprint density at radius 3 is 1.57 bits per heavy atom. The summed E-state index contributed by atoms with van der Waals surface area (Å²) in [4.78, 5) is 0. The molecular formula is C21H21OSi. The second kappa shape index (κ2) is 7.91. The van der Waals surface area contributed by atoms with Gasteiger partial charge in [-0.1, -0.05) is 97.9 Å². The van der Waals surface area contributed by atoms with Gasteiger partial charge in [-0.2, -0.15) is 0 Å². The highest BCUT2D eigenvalue weighted by atomic mass is 28.3. The maximum absolute atomic E-state index is 6.66. The molecule has 0 aromatic heterocycles. The molecule has 23 heavy (non-hydrogen) atoms. The first-order valence-electron chi connectivity index (χ1n) is 8.08. The van der Waals surface area contributed by atoms with Crippen molar-refractivity contribution in [3.05, 3.63) is 96.6 Å². The number of hydrogen-bond donors (Lipinski definition) is 0. The lowest BCUT2D eigenvalue weighted by Crippen LogP contribution is -2.45. The minimum Gasteiger partial charge on any atom is -0.400 e. The lowest BCUT2D eigenvalue weighted by Gasteiger charge is -2.23. The molecule has 1 nitrogen and oxygen atoms in total. The van der Waals surface area contributed by atoms with Crippen LogP contribution < -0.4 is 10.4 Å². The molecule has 0 saturated heterocycles. The number of hydrogen-bond acceptors (Lipinski definition) is 1. The molecule has 0 heterocycles. The van der Waals surface area contributed by atoms with E-state index in [0.29, 0.717) is 0 Å².